The molecule has 0 saturated carbocycles. The zero-order valence-corrected chi connectivity index (χ0v) is 7.95. The van der Waals surface area contributed by atoms with Gasteiger partial charge in [-0.25, -0.2) is 0 Å². The molecule has 2 heteroatoms. The van der Waals surface area contributed by atoms with Gasteiger partial charge in [-0.3, -0.25) is 0 Å². The van der Waals surface area contributed by atoms with Gasteiger partial charge in [-0.05, 0) is 31.4 Å². The molecule has 1 aromatic rings. The quantitative estimate of drug-likeness (QED) is 0.739. The molecule has 1 atom stereocenters. The molecule has 0 aromatic carbocycles. The van der Waals surface area contributed by atoms with Crippen LogP contribution in [-0.4, -0.2) is 16.3 Å². The van der Waals surface area contributed by atoms with Crippen LogP contribution in [0.2, 0.25) is 0 Å². The minimum absolute atomic E-state index is 0.315. The van der Waals surface area contributed by atoms with Crippen LogP contribution in [-0.2, 0) is 6.54 Å². The lowest BCUT2D eigenvalue weighted by Crippen LogP contribution is -2.05. The molecular weight excluding hydrogens is 162 g/mol. The first-order valence-electron chi connectivity index (χ1n) is 5.17. The van der Waals surface area contributed by atoms with Gasteiger partial charge in [0.25, 0.3) is 0 Å². The number of aliphatic hydroxyl groups is 1. The maximum atomic E-state index is 8.96. The van der Waals surface area contributed by atoms with Gasteiger partial charge in [-0.15, -0.1) is 0 Å². The van der Waals surface area contributed by atoms with Crippen molar-refractivity contribution in [3.8, 4) is 0 Å². The van der Waals surface area contributed by atoms with E-state index in [-0.39, 0.29) is 0 Å². The molecule has 0 saturated heterocycles. The highest BCUT2D eigenvalue weighted by atomic mass is 16.3. The van der Waals surface area contributed by atoms with Crippen molar-refractivity contribution in [2.24, 2.45) is 0 Å². The average molecular weight is 179 g/mol. The number of hydrogen-bond donors (Lipinski definition) is 1. The second-order valence-corrected chi connectivity index (χ2v) is 3.83. The van der Waals surface area contributed by atoms with E-state index in [1.165, 1.54) is 25.0 Å². The average Bonchev–Trinajstić information content (AvgIpc) is 2.52. The lowest BCUT2D eigenvalue weighted by molar-refractivity contribution is 0.271. The fourth-order valence-electron chi connectivity index (χ4n) is 2.27. The molecule has 72 valence electrons. The largest absolute Gasteiger partial charge is 0.396 e. The van der Waals surface area contributed by atoms with Crippen LogP contribution in [0, 0.1) is 0 Å². The number of aliphatic hydroxyl groups excluding tert-OH is 1. The minimum Gasteiger partial charge on any atom is -0.396 e. The van der Waals surface area contributed by atoms with Gasteiger partial charge in [-0.2, -0.15) is 0 Å². The van der Waals surface area contributed by atoms with Gasteiger partial charge in [0.1, 0.15) is 0 Å². The van der Waals surface area contributed by atoms with Crippen molar-refractivity contribution in [3.05, 3.63) is 24.0 Å². The molecule has 1 aromatic heterocycles. The summed E-state index contributed by atoms with van der Waals surface area (Å²) in [4.78, 5) is 0. The van der Waals surface area contributed by atoms with Crippen molar-refractivity contribution in [1.82, 2.24) is 4.57 Å². The fraction of sp³-hybridized carbons (Fsp3) is 0.636. The number of aromatic nitrogens is 1. The van der Waals surface area contributed by atoms with Crippen LogP contribution < -0.4 is 0 Å². The van der Waals surface area contributed by atoms with Crippen LogP contribution in [0.25, 0.3) is 0 Å². The Balaban J connectivity index is 2.20. The molecule has 1 N–H and O–H groups in total. The van der Waals surface area contributed by atoms with Gasteiger partial charge >= 0.3 is 0 Å². The molecule has 0 bridgehead atoms. The van der Waals surface area contributed by atoms with E-state index in [1.807, 2.05) is 0 Å². The third kappa shape index (κ3) is 1.78. The Bertz CT molecular complexity index is 267. The first kappa shape index (κ1) is 8.82. The summed E-state index contributed by atoms with van der Waals surface area (Å²) in [5.41, 5.74) is 1.42. The minimum atomic E-state index is 0.315. The van der Waals surface area contributed by atoms with Gasteiger partial charge in [-0.1, -0.05) is 6.42 Å². The third-order valence-corrected chi connectivity index (χ3v) is 2.96. The van der Waals surface area contributed by atoms with Gasteiger partial charge in [0, 0.05) is 31.0 Å². The lowest BCUT2D eigenvalue weighted by atomic mass is 9.96. The molecule has 0 aliphatic carbocycles. The highest BCUT2D eigenvalue weighted by Crippen LogP contribution is 2.29. The summed E-state index contributed by atoms with van der Waals surface area (Å²) in [7, 11) is 0. The summed E-state index contributed by atoms with van der Waals surface area (Å²) in [5.74, 6) is 0.586. The molecule has 1 aliphatic rings. The molecule has 0 fully saturated rings. The Morgan fingerprint density at radius 2 is 2.38 bits per heavy atom. The summed E-state index contributed by atoms with van der Waals surface area (Å²) in [6.07, 6.45) is 6.90. The Labute approximate surface area is 79.2 Å². The molecule has 1 unspecified atom stereocenters. The normalized spacial score (nSPS) is 22.4. The van der Waals surface area contributed by atoms with E-state index >= 15 is 0 Å². The Hall–Kier alpha value is -0.760. The van der Waals surface area contributed by atoms with Crippen LogP contribution >= 0.6 is 0 Å². The number of hydrogen-bond acceptors (Lipinski definition) is 1. The molecule has 2 rings (SSSR count). The number of rotatable bonds is 2. The molecule has 2 heterocycles. The van der Waals surface area contributed by atoms with Crippen LogP contribution in [0.5, 0.6) is 0 Å². The molecule has 1 aliphatic heterocycles. The molecule has 13 heavy (non-hydrogen) atoms. The summed E-state index contributed by atoms with van der Waals surface area (Å²) in [6, 6.07) is 4.32. The van der Waals surface area contributed by atoms with E-state index in [0.717, 1.165) is 13.0 Å². The first-order chi connectivity index (χ1) is 6.42. The third-order valence-electron chi connectivity index (χ3n) is 2.96. The Morgan fingerprint density at radius 1 is 1.46 bits per heavy atom. The molecule has 2 nitrogen and oxygen atoms in total. The van der Waals surface area contributed by atoms with E-state index in [9.17, 15) is 0 Å². The van der Waals surface area contributed by atoms with Crippen molar-refractivity contribution in [2.45, 2.75) is 38.1 Å². The van der Waals surface area contributed by atoms with E-state index in [2.05, 4.69) is 22.9 Å². The standard InChI is InChI=1S/C11H17NO/c13-9-6-10-4-1-2-7-12-8-3-5-11(10)12/h3,5,8,10,13H,1-2,4,6-7,9H2. The monoisotopic (exact) mass is 179 g/mol. The van der Waals surface area contributed by atoms with Gasteiger partial charge < -0.3 is 9.67 Å². The van der Waals surface area contributed by atoms with Gasteiger partial charge in [0.15, 0.2) is 0 Å². The summed E-state index contributed by atoms with van der Waals surface area (Å²) in [6.45, 7) is 1.47. The van der Waals surface area contributed by atoms with E-state index in [4.69, 9.17) is 5.11 Å². The van der Waals surface area contributed by atoms with E-state index in [1.54, 1.807) is 0 Å². The Kier molecular flexibility index (Phi) is 2.69. The summed E-state index contributed by atoms with van der Waals surface area (Å²) < 4.78 is 2.34. The number of nitrogens with zero attached hydrogens (tertiary/aromatic N) is 1. The highest BCUT2D eigenvalue weighted by Gasteiger charge is 2.17. The zero-order valence-electron chi connectivity index (χ0n) is 7.95. The van der Waals surface area contributed by atoms with Crippen molar-refractivity contribution in [1.29, 1.82) is 0 Å². The second-order valence-electron chi connectivity index (χ2n) is 3.83. The molecular formula is C11H17NO. The predicted octanol–water partition coefficient (Wildman–Crippen LogP) is 2.14. The molecule has 0 spiro atoms. The van der Waals surface area contributed by atoms with E-state index < -0.39 is 0 Å². The van der Waals surface area contributed by atoms with Crippen LogP contribution in [0.3, 0.4) is 0 Å². The smallest absolute Gasteiger partial charge is 0.0437 e. The summed E-state index contributed by atoms with van der Waals surface area (Å²) >= 11 is 0. The second kappa shape index (κ2) is 3.97. The summed E-state index contributed by atoms with van der Waals surface area (Å²) in [5, 5.41) is 8.96. The van der Waals surface area contributed by atoms with Gasteiger partial charge in [0.2, 0.25) is 0 Å². The van der Waals surface area contributed by atoms with Crippen molar-refractivity contribution in [3.63, 3.8) is 0 Å². The highest BCUT2D eigenvalue weighted by molar-refractivity contribution is 5.13. The van der Waals surface area contributed by atoms with Crippen LogP contribution in [0.4, 0.5) is 0 Å². The maximum Gasteiger partial charge on any atom is 0.0437 e. The Morgan fingerprint density at radius 3 is 3.23 bits per heavy atom. The zero-order chi connectivity index (χ0) is 9.10. The van der Waals surface area contributed by atoms with Crippen LogP contribution in [0.1, 0.15) is 37.3 Å². The molecule has 0 radical (unpaired) electrons. The lowest BCUT2D eigenvalue weighted by Gasteiger charge is -2.14. The maximum absolute atomic E-state index is 8.96. The topological polar surface area (TPSA) is 25.2 Å². The number of fused-ring (bicyclic) bond motifs is 1. The molecule has 0 amide bonds. The SMILES string of the molecule is OCCC1CCCCn2cccc21. The fourth-order valence-corrected chi connectivity index (χ4v) is 2.27. The van der Waals surface area contributed by atoms with E-state index in [0.29, 0.717) is 12.5 Å². The van der Waals surface area contributed by atoms with Crippen molar-refractivity contribution < 1.29 is 5.11 Å². The van der Waals surface area contributed by atoms with Crippen molar-refractivity contribution >= 4 is 0 Å². The number of aryl methyl sites for hydroxylation is 1. The van der Waals surface area contributed by atoms with Gasteiger partial charge in [0.05, 0.1) is 0 Å². The first-order valence-corrected chi connectivity index (χ1v) is 5.17. The van der Waals surface area contributed by atoms with Crippen LogP contribution in [0.15, 0.2) is 18.3 Å². The van der Waals surface area contributed by atoms with Crippen molar-refractivity contribution in [2.75, 3.05) is 6.61 Å². The predicted molar refractivity (Wildman–Crippen MR) is 52.7 cm³/mol.